The van der Waals surface area contributed by atoms with E-state index in [1.165, 1.54) is 11.3 Å². The van der Waals surface area contributed by atoms with E-state index >= 15 is 0 Å². The molecule has 2 rings (SSSR count). The minimum absolute atomic E-state index is 0.197. The normalized spacial score (nSPS) is 17.8. The topological polar surface area (TPSA) is 38.5 Å². The maximum Gasteiger partial charge on any atom is 0.0642 e. The third-order valence-corrected chi connectivity index (χ3v) is 3.63. The monoisotopic (exact) mass is 268 g/mol. The summed E-state index contributed by atoms with van der Waals surface area (Å²) < 4.78 is 5.39. The van der Waals surface area contributed by atoms with Crippen LogP contribution in [0.1, 0.15) is 18.9 Å². The Morgan fingerprint density at radius 1 is 1.39 bits per heavy atom. The van der Waals surface area contributed by atoms with Crippen molar-refractivity contribution in [1.82, 2.24) is 0 Å². The van der Waals surface area contributed by atoms with Crippen LogP contribution in [-0.2, 0) is 11.2 Å². The Balaban J connectivity index is 2.21. The van der Waals surface area contributed by atoms with Crippen LogP contribution in [0.3, 0.4) is 0 Å². The molecule has 1 fully saturated rings. The first-order valence-electron chi connectivity index (χ1n) is 6.57. The number of anilines is 1. The summed E-state index contributed by atoms with van der Waals surface area (Å²) >= 11 is 6.10. The lowest BCUT2D eigenvalue weighted by molar-refractivity contribution is 0.122. The fourth-order valence-corrected chi connectivity index (χ4v) is 2.45. The second-order valence-corrected chi connectivity index (χ2v) is 5.18. The molecule has 1 aliphatic heterocycles. The van der Waals surface area contributed by atoms with Gasteiger partial charge >= 0.3 is 0 Å². The molecular formula is C14H21ClN2O. The van der Waals surface area contributed by atoms with E-state index in [4.69, 9.17) is 22.1 Å². The molecule has 2 N–H and O–H groups in total. The van der Waals surface area contributed by atoms with Gasteiger partial charge in [0, 0.05) is 29.8 Å². The molecule has 0 radical (unpaired) electrons. The van der Waals surface area contributed by atoms with Crippen molar-refractivity contribution in [2.24, 2.45) is 5.73 Å². The van der Waals surface area contributed by atoms with E-state index in [0.717, 1.165) is 44.2 Å². The molecule has 0 saturated carbocycles. The summed E-state index contributed by atoms with van der Waals surface area (Å²) in [7, 11) is 0. The van der Waals surface area contributed by atoms with Crippen molar-refractivity contribution in [3.05, 3.63) is 28.8 Å². The molecule has 1 saturated heterocycles. The lowest BCUT2D eigenvalue weighted by Gasteiger charge is -2.31. The highest BCUT2D eigenvalue weighted by molar-refractivity contribution is 6.30. The molecule has 0 spiro atoms. The largest absolute Gasteiger partial charge is 0.378 e. The zero-order chi connectivity index (χ0) is 13.0. The van der Waals surface area contributed by atoms with E-state index in [9.17, 15) is 0 Å². The second kappa shape index (κ2) is 6.41. The molecule has 0 aliphatic carbocycles. The molecule has 0 amide bonds. The predicted octanol–water partition coefficient (Wildman–Crippen LogP) is 2.46. The van der Waals surface area contributed by atoms with Gasteiger partial charge in [0.05, 0.1) is 13.2 Å². The lowest BCUT2D eigenvalue weighted by Crippen LogP contribution is -2.37. The molecule has 1 heterocycles. The number of benzene rings is 1. The van der Waals surface area contributed by atoms with E-state index in [-0.39, 0.29) is 6.04 Å². The molecule has 3 nitrogen and oxygen atoms in total. The van der Waals surface area contributed by atoms with Crippen LogP contribution in [0.15, 0.2) is 18.2 Å². The first-order chi connectivity index (χ1) is 8.70. The fraction of sp³-hybridized carbons (Fsp3) is 0.571. The first-order valence-corrected chi connectivity index (χ1v) is 6.95. The van der Waals surface area contributed by atoms with Crippen LogP contribution in [0.25, 0.3) is 0 Å². The Morgan fingerprint density at radius 3 is 2.78 bits per heavy atom. The zero-order valence-electron chi connectivity index (χ0n) is 10.9. The van der Waals surface area contributed by atoms with Crippen molar-refractivity contribution < 1.29 is 4.74 Å². The standard InChI is InChI=1S/C14H21ClN2O/c1-2-13(16)10-11-9-12(15)3-4-14(11)17-5-7-18-8-6-17/h3-4,9,13H,2,5-8,10,16H2,1H3. The molecule has 0 bridgehead atoms. The molecule has 1 aromatic rings. The van der Waals surface area contributed by atoms with Gasteiger partial charge in [0.15, 0.2) is 0 Å². The number of nitrogens with zero attached hydrogens (tertiary/aromatic N) is 1. The van der Waals surface area contributed by atoms with E-state index in [1.807, 2.05) is 12.1 Å². The zero-order valence-corrected chi connectivity index (χ0v) is 11.6. The number of nitrogens with two attached hydrogens (primary N) is 1. The van der Waals surface area contributed by atoms with Crippen molar-refractivity contribution >= 4 is 17.3 Å². The van der Waals surface area contributed by atoms with Crippen LogP contribution in [-0.4, -0.2) is 32.3 Å². The van der Waals surface area contributed by atoms with Crippen LogP contribution in [0.2, 0.25) is 5.02 Å². The summed E-state index contributed by atoms with van der Waals surface area (Å²) in [4.78, 5) is 2.36. The summed E-state index contributed by atoms with van der Waals surface area (Å²) in [6.07, 6.45) is 1.86. The SMILES string of the molecule is CCC(N)Cc1cc(Cl)ccc1N1CCOCC1. The maximum absolute atomic E-state index is 6.10. The summed E-state index contributed by atoms with van der Waals surface area (Å²) in [5, 5.41) is 0.783. The Hall–Kier alpha value is -0.770. The van der Waals surface area contributed by atoms with Gasteiger partial charge in [0.1, 0.15) is 0 Å². The highest BCUT2D eigenvalue weighted by atomic mass is 35.5. The average molecular weight is 269 g/mol. The number of halogens is 1. The fourth-order valence-electron chi connectivity index (χ4n) is 2.26. The van der Waals surface area contributed by atoms with Gasteiger partial charge in [0.2, 0.25) is 0 Å². The van der Waals surface area contributed by atoms with Gasteiger partial charge in [-0.15, -0.1) is 0 Å². The molecule has 0 aromatic heterocycles. The van der Waals surface area contributed by atoms with Crippen molar-refractivity contribution in [3.8, 4) is 0 Å². The quantitative estimate of drug-likeness (QED) is 0.912. The molecule has 1 aliphatic rings. The molecule has 100 valence electrons. The number of morpholine rings is 1. The molecule has 18 heavy (non-hydrogen) atoms. The second-order valence-electron chi connectivity index (χ2n) is 4.74. The van der Waals surface area contributed by atoms with Crippen LogP contribution in [0.4, 0.5) is 5.69 Å². The predicted molar refractivity (Wildman–Crippen MR) is 76.5 cm³/mol. The van der Waals surface area contributed by atoms with Gasteiger partial charge in [-0.1, -0.05) is 18.5 Å². The number of hydrogen-bond acceptors (Lipinski definition) is 3. The summed E-state index contributed by atoms with van der Waals surface area (Å²) in [6, 6.07) is 6.30. The van der Waals surface area contributed by atoms with E-state index in [2.05, 4.69) is 17.9 Å². The highest BCUT2D eigenvalue weighted by Gasteiger charge is 2.16. The highest BCUT2D eigenvalue weighted by Crippen LogP contribution is 2.26. The number of rotatable bonds is 4. The van der Waals surface area contributed by atoms with Gasteiger partial charge in [-0.25, -0.2) is 0 Å². The molecule has 4 heteroatoms. The first kappa shape index (κ1) is 13.7. The van der Waals surface area contributed by atoms with Crippen molar-refractivity contribution in [3.63, 3.8) is 0 Å². The van der Waals surface area contributed by atoms with Gasteiger partial charge in [0.25, 0.3) is 0 Å². The maximum atomic E-state index is 6.10. The van der Waals surface area contributed by atoms with E-state index in [0.29, 0.717) is 0 Å². The summed E-state index contributed by atoms with van der Waals surface area (Å²) in [5.74, 6) is 0. The minimum atomic E-state index is 0.197. The van der Waals surface area contributed by atoms with E-state index in [1.54, 1.807) is 0 Å². The van der Waals surface area contributed by atoms with Crippen LogP contribution >= 0.6 is 11.6 Å². The molecule has 1 aromatic carbocycles. The smallest absolute Gasteiger partial charge is 0.0642 e. The summed E-state index contributed by atoms with van der Waals surface area (Å²) in [6.45, 7) is 5.58. The minimum Gasteiger partial charge on any atom is -0.378 e. The Kier molecular flexibility index (Phi) is 4.87. The average Bonchev–Trinajstić information content (AvgIpc) is 2.40. The summed E-state index contributed by atoms with van der Waals surface area (Å²) in [5.41, 5.74) is 8.57. The van der Waals surface area contributed by atoms with Gasteiger partial charge in [-0.3, -0.25) is 0 Å². The van der Waals surface area contributed by atoms with Crippen molar-refractivity contribution in [1.29, 1.82) is 0 Å². The third kappa shape index (κ3) is 3.37. The Morgan fingerprint density at radius 2 is 2.11 bits per heavy atom. The van der Waals surface area contributed by atoms with Crippen LogP contribution in [0, 0.1) is 0 Å². The number of ether oxygens (including phenoxy) is 1. The molecule has 1 atom stereocenters. The molecule has 1 unspecified atom stereocenters. The van der Waals surface area contributed by atoms with Crippen LogP contribution < -0.4 is 10.6 Å². The molecular weight excluding hydrogens is 248 g/mol. The van der Waals surface area contributed by atoms with Gasteiger partial charge < -0.3 is 15.4 Å². The van der Waals surface area contributed by atoms with Gasteiger partial charge in [-0.2, -0.15) is 0 Å². The van der Waals surface area contributed by atoms with Gasteiger partial charge in [-0.05, 0) is 36.6 Å². The lowest BCUT2D eigenvalue weighted by atomic mass is 10.0. The van der Waals surface area contributed by atoms with Crippen LogP contribution in [0.5, 0.6) is 0 Å². The van der Waals surface area contributed by atoms with Crippen molar-refractivity contribution in [2.45, 2.75) is 25.8 Å². The Labute approximate surface area is 114 Å². The number of hydrogen-bond donors (Lipinski definition) is 1. The Bertz CT molecular complexity index is 391. The van der Waals surface area contributed by atoms with E-state index < -0.39 is 0 Å². The third-order valence-electron chi connectivity index (χ3n) is 3.40. The van der Waals surface area contributed by atoms with Crippen molar-refractivity contribution in [2.75, 3.05) is 31.2 Å².